The van der Waals surface area contributed by atoms with E-state index in [2.05, 4.69) is 10.9 Å². The molecule has 2 N–H and O–H groups in total. The lowest BCUT2D eigenvalue weighted by atomic mass is 10.2. The predicted octanol–water partition coefficient (Wildman–Crippen LogP) is 1.70. The number of hydrogen-bond acceptors (Lipinski definition) is 4. The number of anilines is 1. The van der Waals surface area contributed by atoms with Crippen molar-refractivity contribution in [2.24, 2.45) is 0 Å². The molecule has 1 heterocycles. The molecular formula is C19H19N3O4S. The molecule has 2 aromatic rings. The maximum Gasteiger partial charge on any atom is 0.269 e. The molecule has 0 saturated carbocycles. The normalized spacial score (nSPS) is 15.6. The Morgan fingerprint density at radius 1 is 0.963 bits per heavy atom. The van der Waals surface area contributed by atoms with Gasteiger partial charge in [0.25, 0.3) is 11.8 Å². The number of benzene rings is 2. The Balaban J connectivity index is 1.54. The van der Waals surface area contributed by atoms with Gasteiger partial charge in [-0.3, -0.25) is 24.7 Å². The van der Waals surface area contributed by atoms with Crippen LogP contribution in [0.4, 0.5) is 5.69 Å². The van der Waals surface area contributed by atoms with E-state index < -0.39 is 21.8 Å². The van der Waals surface area contributed by atoms with Crippen LogP contribution in [-0.2, 0) is 14.8 Å². The van der Waals surface area contributed by atoms with Crippen molar-refractivity contribution in [3.8, 4) is 0 Å². The van der Waals surface area contributed by atoms with Crippen LogP contribution in [0.1, 0.15) is 22.3 Å². The summed E-state index contributed by atoms with van der Waals surface area (Å²) in [5.41, 5.74) is 6.42. The highest BCUT2D eigenvalue weighted by molar-refractivity contribution is 7.93. The van der Waals surface area contributed by atoms with E-state index in [0.717, 1.165) is 5.56 Å². The van der Waals surface area contributed by atoms with Gasteiger partial charge in [-0.1, -0.05) is 30.3 Å². The molecule has 0 radical (unpaired) electrons. The van der Waals surface area contributed by atoms with Crippen LogP contribution >= 0.6 is 0 Å². The number of rotatable bonds is 4. The topological polar surface area (TPSA) is 95.6 Å². The van der Waals surface area contributed by atoms with Crippen LogP contribution in [-0.4, -0.2) is 32.5 Å². The summed E-state index contributed by atoms with van der Waals surface area (Å²) in [7, 11) is -3.21. The molecule has 140 valence electrons. The number of nitrogens with one attached hydrogen (secondary N) is 2. The van der Waals surface area contributed by atoms with Crippen LogP contribution in [0.3, 0.4) is 0 Å². The molecule has 2 amide bonds. The van der Waals surface area contributed by atoms with E-state index in [1.54, 1.807) is 60.7 Å². The van der Waals surface area contributed by atoms with Gasteiger partial charge in [-0.05, 0) is 42.3 Å². The van der Waals surface area contributed by atoms with Crippen LogP contribution in [0.5, 0.6) is 0 Å². The Kier molecular flexibility index (Phi) is 5.56. The van der Waals surface area contributed by atoms with Crippen molar-refractivity contribution in [1.82, 2.24) is 10.9 Å². The summed E-state index contributed by atoms with van der Waals surface area (Å²) in [6.07, 6.45) is 3.48. The van der Waals surface area contributed by atoms with E-state index in [1.165, 1.54) is 10.4 Å². The van der Waals surface area contributed by atoms with Gasteiger partial charge in [0.05, 0.1) is 11.4 Å². The second-order valence-electron chi connectivity index (χ2n) is 5.98. The van der Waals surface area contributed by atoms with E-state index in [-0.39, 0.29) is 5.75 Å². The zero-order chi connectivity index (χ0) is 19.3. The van der Waals surface area contributed by atoms with E-state index in [9.17, 15) is 18.0 Å². The van der Waals surface area contributed by atoms with Crippen molar-refractivity contribution in [3.05, 3.63) is 71.8 Å². The molecule has 8 heteroatoms. The standard InChI is InChI=1S/C19H19N3O4S/c23-18(20-21-19(24)16-5-2-1-3-6-16)12-9-15-7-10-17(11-8-15)22-13-4-14-27(22,25)26/h1-3,5-12H,4,13-14H2,(H,20,23)(H,21,24). The monoisotopic (exact) mass is 385 g/mol. The van der Waals surface area contributed by atoms with Crippen molar-refractivity contribution in [2.45, 2.75) is 6.42 Å². The smallest absolute Gasteiger partial charge is 0.269 e. The number of carbonyl (C=O) groups excluding carboxylic acids is 2. The predicted molar refractivity (Wildman–Crippen MR) is 103 cm³/mol. The molecule has 27 heavy (non-hydrogen) atoms. The molecular weight excluding hydrogens is 366 g/mol. The van der Waals surface area contributed by atoms with Crippen molar-refractivity contribution >= 4 is 33.6 Å². The Bertz CT molecular complexity index is 954. The molecule has 1 saturated heterocycles. The highest BCUT2D eigenvalue weighted by atomic mass is 32.2. The van der Waals surface area contributed by atoms with Crippen LogP contribution in [0.25, 0.3) is 6.08 Å². The molecule has 1 fully saturated rings. The molecule has 7 nitrogen and oxygen atoms in total. The Morgan fingerprint density at radius 2 is 1.67 bits per heavy atom. The minimum absolute atomic E-state index is 0.170. The average molecular weight is 385 g/mol. The fourth-order valence-electron chi connectivity index (χ4n) is 2.67. The fourth-order valence-corrected chi connectivity index (χ4v) is 4.24. The quantitative estimate of drug-likeness (QED) is 0.619. The summed E-state index contributed by atoms with van der Waals surface area (Å²) >= 11 is 0. The molecule has 2 aromatic carbocycles. The van der Waals surface area contributed by atoms with Crippen molar-refractivity contribution in [3.63, 3.8) is 0 Å². The lowest BCUT2D eigenvalue weighted by molar-refractivity contribution is -0.117. The highest BCUT2D eigenvalue weighted by Crippen LogP contribution is 2.24. The Hall–Kier alpha value is -3.13. The van der Waals surface area contributed by atoms with Gasteiger partial charge in [0.15, 0.2) is 0 Å². The molecule has 1 aliphatic heterocycles. The summed E-state index contributed by atoms with van der Waals surface area (Å²) < 4.78 is 25.2. The van der Waals surface area contributed by atoms with E-state index in [1.807, 2.05) is 0 Å². The van der Waals surface area contributed by atoms with Gasteiger partial charge in [0.2, 0.25) is 10.0 Å². The number of carbonyl (C=O) groups is 2. The number of hydrazine groups is 1. The molecule has 3 rings (SSSR count). The molecule has 0 spiro atoms. The fraction of sp³-hybridized carbons (Fsp3) is 0.158. The SMILES string of the molecule is O=C(C=Cc1ccc(N2CCCS2(=O)=O)cc1)NNC(=O)c1ccccc1. The summed E-state index contributed by atoms with van der Waals surface area (Å²) in [6, 6.07) is 15.4. The number of amides is 2. The third-order valence-corrected chi connectivity index (χ3v) is 5.91. The van der Waals surface area contributed by atoms with E-state index in [0.29, 0.717) is 24.2 Å². The van der Waals surface area contributed by atoms with Gasteiger partial charge in [-0.15, -0.1) is 0 Å². The van der Waals surface area contributed by atoms with Crippen LogP contribution in [0, 0.1) is 0 Å². The second-order valence-corrected chi connectivity index (χ2v) is 7.99. The minimum Gasteiger partial charge on any atom is -0.270 e. The molecule has 1 aliphatic rings. The van der Waals surface area contributed by atoms with Gasteiger partial charge in [0.1, 0.15) is 0 Å². The maximum absolute atomic E-state index is 11.9. The average Bonchev–Trinajstić information content (AvgIpc) is 3.04. The summed E-state index contributed by atoms with van der Waals surface area (Å²) in [4.78, 5) is 23.6. The largest absolute Gasteiger partial charge is 0.270 e. The zero-order valence-corrected chi connectivity index (χ0v) is 15.3. The summed E-state index contributed by atoms with van der Waals surface area (Å²) in [5, 5.41) is 0. The van der Waals surface area contributed by atoms with Gasteiger partial charge in [-0.2, -0.15) is 0 Å². The Morgan fingerprint density at radius 3 is 2.30 bits per heavy atom. The second kappa shape index (κ2) is 8.05. The number of hydrogen-bond donors (Lipinski definition) is 2. The maximum atomic E-state index is 11.9. The van der Waals surface area contributed by atoms with Crippen molar-refractivity contribution in [1.29, 1.82) is 0 Å². The molecule has 0 atom stereocenters. The number of sulfonamides is 1. The summed E-state index contributed by atoms with van der Waals surface area (Å²) in [5.74, 6) is -0.720. The Labute approximate surface area is 157 Å². The zero-order valence-electron chi connectivity index (χ0n) is 14.5. The molecule has 0 bridgehead atoms. The first-order valence-electron chi connectivity index (χ1n) is 8.40. The first-order valence-corrected chi connectivity index (χ1v) is 10.0. The third kappa shape index (κ3) is 4.73. The lowest BCUT2D eigenvalue weighted by Crippen LogP contribution is -2.40. The van der Waals surface area contributed by atoms with Gasteiger partial charge < -0.3 is 0 Å². The molecule has 0 aliphatic carbocycles. The highest BCUT2D eigenvalue weighted by Gasteiger charge is 2.28. The van der Waals surface area contributed by atoms with E-state index in [4.69, 9.17) is 0 Å². The first kappa shape index (κ1) is 18.7. The minimum atomic E-state index is -3.21. The van der Waals surface area contributed by atoms with Crippen LogP contribution in [0.15, 0.2) is 60.7 Å². The van der Waals surface area contributed by atoms with Gasteiger partial charge >= 0.3 is 0 Å². The third-order valence-electron chi connectivity index (χ3n) is 4.04. The molecule has 0 aromatic heterocycles. The molecule has 0 unspecified atom stereocenters. The van der Waals surface area contributed by atoms with Gasteiger partial charge in [-0.25, -0.2) is 8.42 Å². The lowest BCUT2D eigenvalue weighted by Gasteiger charge is -2.16. The van der Waals surface area contributed by atoms with Crippen LogP contribution < -0.4 is 15.2 Å². The summed E-state index contributed by atoms with van der Waals surface area (Å²) in [6.45, 7) is 0.487. The van der Waals surface area contributed by atoms with Crippen LogP contribution in [0.2, 0.25) is 0 Å². The number of nitrogens with zero attached hydrogens (tertiary/aromatic N) is 1. The van der Waals surface area contributed by atoms with E-state index >= 15 is 0 Å². The van der Waals surface area contributed by atoms with Crippen molar-refractivity contribution < 1.29 is 18.0 Å². The van der Waals surface area contributed by atoms with Gasteiger partial charge in [0, 0.05) is 18.2 Å². The van der Waals surface area contributed by atoms with Crippen molar-refractivity contribution in [2.75, 3.05) is 16.6 Å². The first-order chi connectivity index (χ1) is 13.0.